The van der Waals surface area contributed by atoms with Crippen molar-refractivity contribution < 1.29 is 30.0 Å². The van der Waals surface area contributed by atoms with Crippen molar-refractivity contribution in [2.45, 2.75) is 12.2 Å². The van der Waals surface area contributed by atoms with Crippen molar-refractivity contribution in [2.24, 2.45) is 0 Å². The van der Waals surface area contributed by atoms with Gasteiger partial charge in [-0.25, -0.2) is 9.59 Å². The molecular formula is C8H12B2O6. The van der Waals surface area contributed by atoms with Gasteiger partial charge in [-0.05, 0) is 0 Å². The molecule has 16 heavy (non-hydrogen) atoms. The Morgan fingerprint density at radius 3 is 1.06 bits per heavy atom. The van der Waals surface area contributed by atoms with E-state index in [1.54, 1.807) is 0 Å². The summed E-state index contributed by atoms with van der Waals surface area (Å²) in [5.74, 6) is -2.54. The summed E-state index contributed by atoms with van der Waals surface area (Å²) in [6, 6.07) is 0. The number of hydrogen-bond acceptors (Lipinski definition) is 4. The Labute approximate surface area is 97.1 Å². The average molecular weight is 226 g/mol. The summed E-state index contributed by atoms with van der Waals surface area (Å²) in [4.78, 5) is 19.2. The molecule has 2 atom stereocenters. The molecule has 0 aliphatic heterocycles. The normalized spacial score (nSPS) is 11.1. The van der Waals surface area contributed by atoms with E-state index in [4.69, 9.17) is 20.4 Å². The van der Waals surface area contributed by atoms with Crippen LogP contribution in [0.4, 0.5) is 0 Å². The van der Waals surface area contributed by atoms with Gasteiger partial charge in [0, 0.05) is 16.8 Å². The van der Waals surface area contributed by atoms with Crippen molar-refractivity contribution in [1.82, 2.24) is 0 Å². The summed E-state index contributed by atoms with van der Waals surface area (Å²) in [5, 5.41) is 32.2. The molecule has 0 aliphatic rings. The van der Waals surface area contributed by atoms with Crippen LogP contribution in [-0.4, -0.2) is 61.4 Å². The molecule has 0 spiro atoms. The van der Waals surface area contributed by atoms with Crippen molar-refractivity contribution in [2.75, 3.05) is 0 Å². The second-order valence-corrected chi connectivity index (χ2v) is 2.04. The Balaban J connectivity index is -0.0000000800. The summed E-state index contributed by atoms with van der Waals surface area (Å²) in [7, 11) is 0. The minimum Gasteiger partial charge on any atom is -0.479 e. The Kier molecular flexibility index (Phi) is 20.2. The first kappa shape index (κ1) is 24.0. The van der Waals surface area contributed by atoms with Crippen LogP contribution in [0.25, 0.3) is 0 Å². The van der Waals surface area contributed by atoms with Gasteiger partial charge in [0.2, 0.25) is 0 Å². The standard InChI is InChI=1S/2C4H6O3.2B/c2*1-2-3(5)4(6)7;;/h2*2-3,5H,1H2,(H,6,7);;. The zero-order valence-electron chi connectivity index (χ0n) is 8.48. The molecule has 0 aliphatic carbocycles. The number of aliphatic carboxylic acids is 2. The molecule has 8 heteroatoms. The van der Waals surface area contributed by atoms with Crippen molar-refractivity contribution in [3.8, 4) is 0 Å². The van der Waals surface area contributed by atoms with Gasteiger partial charge in [-0.15, -0.1) is 0 Å². The molecular weight excluding hydrogens is 214 g/mol. The van der Waals surface area contributed by atoms with E-state index in [1.165, 1.54) is 0 Å². The zero-order chi connectivity index (χ0) is 11.7. The van der Waals surface area contributed by atoms with Crippen LogP contribution in [0.15, 0.2) is 25.3 Å². The van der Waals surface area contributed by atoms with E-state index in [9.17, 15) is 9.59 Å². The third-order valence-electron chi connectivity index (χ3n) is 0.953. The van der Waals surface area contributed by atoms with Gasteiger partial charge in [-0.1, -0.05) is 25.3 Å². The predicted molar refractivity (Wildman–Crippen MR) is 59.2 cm³/mol. The van der Waals surface area contributed by atoms with E-state index in [0.29, 0.717) is 0 Å². The average Bonchev–Trinajstić information content (AvgIpc) is 2.15. The lowest BCUT2D eigenvalue weighted by molar-refractivity contribution is -0.144. The van der Waals surface area contributed by atoms with Crippen LogP contribution in [0.3, 0.4) is 0 Å². The van der Waals surface area contributed by atoms with Crippen LogP contribution in [0.5, 0.6) is 0 Å². The summed E-state index contributed by atoms with van der Waals surface area (Å²) >= 11 is 0. The molecule has 0 saturated heterocycles. The molecule has 0 heterocycles. The predicted octanol–water partition coefficient (Wildman–Crippen LogP) is -1.53. The molecule has 2 unspecified atom stereocenters. The fraction of sp³-hybridized carbons (Fsp3) is 0.250. The highest BCUT2D eigenvalue weighted by atomic mass is 16.4. The maximum atomic E-state index is 9.61. The van der Waals surface area contributed by atoms with Crippen LogP contribution < -0.4 is 0 Å². The molecule has 0 aromatic heterocycles. The van der Waals surface area contributed by atoms with Crippen molar-refractivity contribution in [3.05, 3.63) is 25.3 Å². The first-order valence-corrected chi connectivity index (χ1v) is 3.43. The van der Waals surface area contributed by atoms with Gasteiger partial charge in [0.1, 0.15) is 0 Å². The molecule has 6 radical (unpaired) electrons. The van der Waals surface area contributed by atoms with Crippen LogP contribution in [0.2, 0.25) is 0 Å². The maximum Gasteiger partial charge on any atom is 0.336 e. The lowest BCUT2D eigenvalue weighted by Crippen LogP contribution is -2.15. The van der Waals surface area contributed by atoms with Crippen molar-refractivity contribution in [3.63, 3.8) is 0 Å². The lowest BCUT2D eigenvalue weighted by atomic mass is 10.4. The topological polar surface area (TPSA) is 115 Å². The number of hydrogen-bond donors (Lipinski definition) is 4. The first-order valence-electron chi connectivity index (χ1n) is 3.43. The molecule has 4 N–H and O–H groups in total. The second-order valence-electron chi connectivity index (χ2n) is 2.04. The SMILES string of the molecule is C=CC(O)C(=O)O.C=CC(O)C(=O)O.[B].[B]. The summed E-state index contributed by atoms with van der Waals surface area (Å²) in [6.45, 7) is 6.10. The van der Waals surface area contributed by atoms with Crippen LogP contribution in [0.1, 0.15) is 0 Å². The molecule has 0 aromatic rings. The molecule has 0 aromatic carbocycles. The summed E-state index contributed by atoms with van der Waals surface area (Å²) in [6.07, 6.45) is -0.940. The fourth-order valence-electron chi connectivity index (χ4n) is 0.202. The third kappa shape index (κ3) is 15.0. The third-order valence-corrected chi connectivity index (χ3v) is 0.953. The quantitative estimate of drug-likeness (QED) is 0.341. The Hall–Kier alpha value is -1.53. The fourth-order valence-corrected chi connectivity index (χ4v) is 0.202. The number of carboxylic acid groups (broad SMARTS) is 2. The molecule has 6 nitrogen and oxygen atoms in total. The molecule has 0 rings (SSSR count). The van der Waals surface area contributed by atoms with Gasteiger partial charge in [0.15, 0.2) is 12.2 Å². The van der Waals surface area contributed by atoms with Gasteiger partial charge in [0.05, 0.1) is 0 Å². The Bertz CT molecular complexity index is 207. The summed E-state index contributed by atoms with van der Waals surface area (Å²) in [5.41, 5.74) is 0. The highest BCUT2D eigenvalue weighted by Gasteiger charge is 2.05. The maximum absolute atomic E-state index is 9.61. The highest BCUT2D eigenvalue weighted by Crippen LogP contribution is 1.79. The smallest absolute Gasteiger partial charge is 0.336 e. The van der Waals surface area contributed by atoms with E-state index >= 15 is 0 Å². The van der Waals surface area contributed by atoms with Crippen LogP contribution in [0, 0.1) is 0 Å². The highest BCUT2D eigenvalue weighted by molar-refractivity contribution is 5.76. The minimum absolute atomic E-state index is 0. The lowest BCUT2D eigenvalue weighted by Gasteiger charge is -1.91. The van der Waals surface area contributed by atoms with Crippen molar-refractivity contribution in [1.29, 1.82) is 0 Å². The van der Waals surface area contributed by atoms with Gasteiger partial charge in [-0.3, -0.25) is 0 Å². The number of aliphatic hydroxyl groups is 2. The largest absolute Gasteiger partial charge is 0.479 e. The van der Waals surface area contributed by atoms with Gasteiger partial charge in [0.25, 0.3) is 0 Å². The van der Waals surface area contributed by atoms with Crippen LogP contribution in [-0.2, 0) is 9.59 Å². The van der Waals surface area contributed by atoms with Crippen LogP contribution >= 0.6 is 0 Å². The van der Waals surface area contributed by atoms with E-state index in [2.05, 4.69) is 13.2 Å². The molecule has 0 amide bonds. The molecule has 0 saturated carbocycles. The van der Waals surface area contributed by atoms with Gasteiger partial charge in [-0.2, -0.15) is 0 Å². The number of aliphatic hydroxyl groups excluding tert-OH is 2. The van der Waals surface area contributed by atoms with Gasteiger partial charge >= 0.3 is 11.9 Å². The monoisotopic (exact) mass is 226 g/mol. The van der Waals surface area contributed by atoms with E-state index in [-0.39, 0.29) is 16.8 Å². The Morgan fingerprint density at radius 2 is 1.06 bits per heavy atom. The first-order chi connectivity index (χ1) is 6.36. The molecule has 86 valence electrons. The second kappa shape index (κ2) is 13.5. The molecule has 0 bridgehead atoms. The number of carboxylic acids is 2. The van der Waals surface area contributed by atoms with Gasteiger partial charge < -0.3 is 20.4 Å². The van der Waals surface area contributed by atoms with E-state index in [0.717, 1.165) is 12.2 Å². The Morgan fingerprint density at radius 1 is 0.875 bits per heavy atom. The van der Waals surface area contributed by atoms with E-state index < -0.39 is 24.1 Å². The number of carbonyl (C=O) groups is 2. The number of rotatable bonds is 4. The minimum atomic E-state index is -1.42. The van der Waals surface area contributed by atoms with Crippen molar-refractivity contribution >= 4 is 28.8 Å². The zero-order valence-corrected chi connectivity index (χ0v) is 8.48. The molecule has 0 fully saturated rings. The summed E-state index contributed by atoms with van der Waals surface area (Å²) < 4.78 is 0. The van der Waals surface area contributed by atoms with E-state index in [1.807, 2.05) is 0 Å².